The topological polar surface area (TPSA) is 441 Å². The third-order valence-corrected chi connectivity index (χ3v) is 13.5. The summed E-state index contributed by atoms with van der Waals surface area (Å²) in [5.74, 6) is -8.22. The zero-order valence-corrected chi connectivity index (χ0v) is 48.3. The van der Waals surface area contributed by atoms with E-state index in [2.05, 4.69) is 60.1 Å². The number of nitrogens with one attached hydrogen (secondary N) is 10. The lowest BCUT2D eigenvalue weighted by atomic mass is 10.00. The largest absolute Gasteiger partial charge is 0.393 e. The Morgan fingerprint density at radius 2 is 0.988 bits per heavy atom. The van der Waals surface area contributed by atoms with Gasteiger partial charge in [0.15, 0.2) is 0 Å². The van der Waals surface area contributed by atoms with E-state index in [1.54, 1.807) is 44.2 Å². The Bertz CT molecular complexity index is 2140. The van der Waals surface area contributed by atoms with Crippen molar-refractivity contribution in [3.63, 3.8) is 0 Å². The Hall–Kier alpha value is -6.32. The fourth-order valence-electron chi connectivity index (χ4n) is 9.11. The standard InChI is InChI=1S/C55H97N15O11/c1-6-7-8-9-13-16-36(71)32-46(72)62-37(17-23-56)48(74)63-38(18-24-57)50(76)67-42-22-28-61-47(73)43(29-33(2)3)68-51(77)40(20-26-59)64-49(75)39(19-25-58)66-55(81)45(31-35-14-11-10-12-15-35)70-54(80)44(30-34(4)5)69-52(78)41(21-27-60)65-53(42)79/h10-12,14-15,33-34,36-45,71H,6-9,13,16-32,56-60H2,1-5H3,(H,61,73)(H,62,72)(H,63,74)(H,64,75)(H,65,79)(H,66,81)(H,67,76)(H,68,77)(H,69,78)(H,70,80)/t36-,37+,38-,39+,40+,41+,42+,43+,44-,45+/m1/s1. The van der Waals surface area contributed by atoms with E-state index < -0.39 is 120 Å². The summed E-state index contributed by atoms with van der Waals surface area (Å²) in [6.45, 7) is 8.59. The van der Waals surface area contributed by atoms with Gasteiger partial charge in [0.25, 0.3) is 0 Å². The van der Waals surface area contributed by atoms with Crippen molar-refractivity contribution >= 4 is 59.1 Å². The number of hydrogen-bond donors (Lipinski definition) is 16. The van der Waals surface area contributed by atoms with Crippen LogP contribution in [0.4, 0.5) is 0 Å². The molecule has 10 amide bonds. The number of rotatable bonds is 29. The first-order valence-electron chi connectivity index (χ1n) is 28.8. The number of carbonyl (C=O) groups is 10. The Kier molecular flexibility index (Phi) is 34.2. The van der Waals surface area contributed by atoms with Crippen LogP contribution < -0.4 is 81.8 Å². The highest BCUT2D eigenvalue weighted by Gasteiger charge is 2.36. The van der Waals surface area contributed by atoms with Gasteiger partial charge in [0, 0.05) is 13.0 Å². The van der Waals surface area contributed by atoms with Crippen LogP contribution >= 0.6 is 0 Å². The van der Waals surface area contributed by atoms with E-state index >= 15 is 0 Å². The second-order valence-electron chi connectivity index (χ2n) is 21.6. The molecule has 21 N–H and O–H groups in total. The van der Waals surface area contributed by atoms with E-state index in [0.29, 0.717) is 12.0 Å². The molecule has 0 spiro atoms. The fraction of sp³-hybridized carbons (Fsp3) is 0.709. The molecule has 0 aliphatic carbocycles. The lowest BCUT2D eigenvalue weighted by Gasteiger charge is -2.28. The van der Waals surface area contributed by atoms with Crippen LogP contribution in [-0.2, 0) is 54.4 Å². The molecule has 0 unspecified atom stereocenters. The highest BCUT2D eigenvalue weighted by molar-refractivity contribution is 5.98. The van der Waals surface area contributed by atoms with Gasteiger partial charge in [-0.3, -0.25) is 47.9 Å². The van der Waals surface area contributed by atoms with Gasteiger partial charge >= 0.3 is 0 Å². The molecule has 2 rings (SSSR count). The molecule has 0 aromatic heterocycles. The summed E-state index contributed by atoms with van der Waals surface area (Å²) < 4.78 is 0. The van der Waals surface area contributed by atoms with Crippen LogP contribution in [0.5, 0.6) is 0 Å². The minimum atomic E-state index is -1.54. The number of benzene rings is 1. The zero-order valence-electron chi connectivity index (χ0n) is 48.3. The van der Waals surface area contributed by atoms with E-state index in [-0.39, 0.29) is 115 Å². The van der Waals surface area contributed by atoms with Gasteiger partial charge in [-0.15, -0.1) is 0 Å². The second kappa shape index (κ2) is 39.2. The summed E-state index contributed by atoms with van der Waals surface area (Å²) in [6, 6.07) is -3.23. The molecule has 0 radical (unpaired) electrons. The van der Waals surface area contributed by atoms with Crippen molar-refractivity contribution < 1.29 is 53.1 Å². The van der Waals surface area contributed by atoms with Crippen molar-refractivity contribution in [2.75, 3.05) is 39.3 Å². The molecule has 26 heteroatoms. The molecule has 1 fully saturated rings. The van der Waals surface area contributed by atoms with Gasteiger partial charge in [-0.2, -0.15) is 0 Å². The fourth-order valence-corrected chi connectivity index (χ4v) is 9.11. The zero-order chi connectivity index (χ0) is 60.4. The van der Waals surface area contributed by atoms with Gasteiger partial charge in [-0.1, -0.05) is 97.1 Å². The minimum absolute atomic E-state index is 0.0317. The molecule has 81 heavy (non-hydrogen) atoms. The molecule has 10 atom stereocenters. The van der Waals surface area contributed by atoms with Crippen molar-refractivity contribution in [3.05, 3.63) is 35.9 Å². The Morgan fingerprint density at radius 1 is 0.543 bits per heavy atom. The molecular weight excluding hydrogens is 1050 g/mol. The maximum Gasteiger partial charge on any atom is 0.243 e. The quantitative estimate of drug-likeness (QED) is 0.0357. The Balaban J connectivity index is 2.67. The van der Waals surface area contributed by atoms with Gasteiger partial charge in [0.05, 0.1) is 12.5 Å². The molecule has 1 aromatic rings. The summed E-state index contributed by atoms with van der Waals surface area (Å²) in [4.78, 5) is 141. The average molecular weight is 1140 g/mol. The van der Waals surface area contributed by atoms with Gasteiger partial charge in [-0.05, 0) is 108 Å². The monoisotopic (exact) mass is 1140 g/mol. The predicted octanol–water partition coefficient (Wildman–Crippen LogP) is -2.94. The van der Waals surface area contributed by atoms with E-state index in [1.807, 2.05) is 13.8 Å². The first-order chi connectivity index (χ1) is 38.6. The summed E-state index contributed by atoms with van der Waals surface area (Å²) in [6.07, 6.45) is 3.25. The SMILES string of the molecule is CCCCCCC[C@@H](O)CC(=O)N[C@@H](CCN)C(=O)N[C@H](CCN)C(=O)N[C@H]1CCNC(=O)[C@H](CC(C)C)NC(=O)[C@H](CCN)NC(=O)[C@H](CCN)NC(=O)[C@H](Cc2ccccc2)NC(=O)[C@@H](CC(C)C)NC(=O)[C@H](CCN)NC1=O. The lowest BCUT2D eigenvalue weighted by molar-refractivity contribution is -0.136. The minimum Gasteiger partial charge on any atom is -0.393 e. The number of nitrogens with two attached hydrogens (primary N) is 5. The Labute approximate surface area is 477 Å². The van der Waals surface area contributed by atoms with Crippen molar-refractivity contribution in [1.82, 2.24) is 53.2 Å². The number of carbonyl (C=O) groups excluding carboxylic acids is 10. The van der Waals surface area contributed by atoms with Gasteiger partial charge in [0.2, 0.25) is 59.1 Å². The average Bonchev–Trinajstić information content (AvgIpc) is 3.40. The van der Waals surface area contributed by atoms with Crippen LogP contribution in [0.2, 0.25) is 0 Å². The maximum atomic E-state index is 14.5. The molecule has 458 valence electrons. The first-order valence-corrected chi connectivity index (χ1v) is 28.8. The molecule has 0 saturated carbocycles. The molecule has 0 bridgehead atoms. The van der Waals surface area contributed by atoms with Crippen LogP contribution in [0.25, 0.3) is 0 Å². The lowest BCUT2D eigenvalue weighted by Crippen LogP contribution is -2.61. The van der Waals surface area contributed by atoms with Crippen LogP contribution in [0.1, 0.15) is 136 Å². The number of aliphatic hydroxyl groups is 1. The van der Waals surface area contributed by atoms with Crippen LogP contribution in [0, 0.1) is 11.8 Å². The molecular formula is C55H97N15O11. The number of unbranched alkanes of at least 4 members (excludes halogenated alkanes) is 4. The van der Waals surface area contributed by atoms with E-state index in [1.165, 1.54) is 0 Å². The van der Waals surface area contributed by atoms with Crippen molar-refractivity contribution in [2.24, 2.45) is 40.5 Å². The van der Waals surface area contributed by atoms with Gasteiger partial charge in [-0.25, -0.2) is 0 Å². The van der Waals surface area contributed by atoms with Gasteiger partial charge < -0.3 is 86.9 Å². The molecule has 1 heterocycles. The van der Waals surface area contributed by atoms with Crippen LogP contribution in [0.3, 0.4) is 0 Å². The molecule has 1 aliphatic heterocycles. The van der Waals surface area contributed by atoms with E-state index in [4.69, 9.17) is 28.7 Å². The number of aliphatic hydroxyl groups excluding tert-OH is 1. The Morgan fingerprint density at radius 3 is 1.48 bits per heavy atom. The second-order valence-corrected chi connectivity index (χ2v) is 21.6. The highest BCUT2D eigenvalue weighted by atomic mass is 16.3. The van der Waals surface area contributed by atoms with E-state index in [0.717, 1.165) is 32.1 Å². The smallest absolute Gasteiger partial charge is 0.243 e. The highest BCUT2D eigenvalue weighted by Crippen LogP contribution is 2.13. The van der Waals surface area contributed by atoms with Crippen LogP contribution in [-0.4, -0.2) is 164 Å². The summed E-state index contributed by atoms with van der Waals surface area (Å²) in [5, 5.41) is 37.2. The summed E-state index contributed by atoms with van der Waals surface area (Å²) >= 11 is 0. The van der Waals surface area contributed by atoms with Crippen LogP contribution in [0.15, 0.2) is 30.3 Å². The van der Waals surface area contributed by atoms with Crippen molar-refractivity contribution in [1.29, 1.82) is 0 Å². The first kappa shape index (κ1) is 70.8. The molecule has 1 aromatic carbocycles. The predicted molar refractivity (Wildman–Crippen MR) is 306 cm³/mol. The number of hydrogen-bond acceptors (Lipinski definition) is 16. The normalized spacial score (nSPS) is 22.4. The van der Waals surface area contributed by atoms with Crippen molar-refractivity contribution in [3.8, 4) is 0 Å². The third kappa shape index (κ3) is 27.3. The molecule has 1 saturated heterocycles. The van der Waals surface area contributed by atoms with Gasteiger partial charge in [0.1, 0.15) is 54.4 Å². The maximum absolute atomic E-state index is 14.5. The van der Waals surface area contributed by atoms with Crippen molar-refractivity contribution in [2.45, 2.75) is 198 Å². The van der Waals surface area contributed by atoms with E-state index in [9.17, 15) is 53.1 Å². The third-order valence-electron chi connectivity index (χ3n) is 13.5. The summed E-state index contributed by atoms with van der Waals surface area (Å²) in [7, 11) is 0. The number of amides is 10. The molecule has 1 aliphatic rings. The summed E-state index contributed by atoms with van der Waals surface area (Å²) in [5.41, 5.74) is 30.2. The molecule has 26 nitrogen and oxygen atoms in total.